The highest BCUT2D eigenvalue weighted by molar-refractivity contribution is 8.68. The number of nitrogens with one attached hydrogen (secondary N) is 1. The average Bonchev–Trinajstić information content (AvgIpc) is 2.54. The third kappa shape index (κ3) is 4.06. The molecule has 21 heavy (non-hydrogen) atoms. The van der Waals surface area contributed by atoms with Crippen molar-refractivity contribution >= 4 is 28.1 Å². The maximum absolute atomic E-state index is 5.93. The molecule has 1 N–H and O–H groups in total. The summed E-state index contributed by atoms with van der Waals surface area (Å²) in [5, 5.41) is 3.64. The number of likely N-dealkylation sites (N-methyl/N-ethyl adjacent to an activating group) is 1. The molecular formula is C15H25N3OS2. The summed E-state index contributed by atoms with van der Waals surface area (Å²) in [4.78, 5) is 6.91. The molecule has 6 heteroatoms. The van der Waals surface area contributed by atoms with E-state index in [1.807, 2.05) is 13.2 Å². The van der Waals surface area contributed by atoms with E-state index in [0.717, 1.165) is 31.1 Å². The molecule has 1 aromatic rings. The van der Waals surface area contributed by atoms with Gasteiger partial charge in [0.05, 0.1) is 35.5 Å². The summed E-state index contributed by atoms with van der Waals surface area (Å²) < 4.78 is 5.93. The third-order valence-corrected chi connectivity index (χ3v) is 5.73. The van der Waals surface area contributed by atoms with Crippen LogP contribution in [0, 0.1) is 0 Å². The van der Waals surface area contributed by atoms with Gasteiger partial charge in [0.2, 0.25) is 0 Å². The summed E-state index contributed by atoms with van der Waals surface area (Å²) in [6.07, 6.45) is 2.13. The Hall–Kier alpha value is -0.430. The summed E-state index contributed by atoms with van der Waals surface area (Å²) in [5.74, 6) is 0. The highest BCUT2D eigenvalue weighted by atomic mass is 33.1. The number of rotatable bonds is 5. The van der Waals surface area contributed by atoms with Crippen LogP contribution in [0.25, 0.3) is 0 Å². The molecule has 0 amide bonds. The van der Waals surface area contributed by atoms with Gasteiger partial charge in [-0.05, 0) is 40.0 Å². The Bertz CT molecular complexity index is 453. The molecular weight excluding hydrogens is 302 g/mol. The second-order valence-electron chi connectivity index (χ2n) is 5.97. The standard InChI is InChI=1S/C15H25N3OS2/c1-11(21-20)13-6-5-12(9-17-13)18-7-8-19-14(10-18)15(2,3)16-4/h5-6,9,11,14,16,20H,7-8,10H2,1-4H3. The zero-order chi connectivity index (χ0) is 15.5. The second-order valence-corrected chi connectivity index (χ2v) is 7.52. The molecule has 1 aliphatic rings. The maximum Gasteiger partial charge on any atom is 0.0926 e. The Morgan fingerprint density at radius 3 is 2.86 bits per heavy atom. The van der Waals surface area contributed by atoms with Crippen molar-refractivity contribution in [1.29, 1.82) is 0 Å². The van der Waals surface area contributed by atoms with Crippen molar-refractivity contribution in [2.24, 2.45) is 0 Å². The van der Waals surface area contributed by atoms with Gasteiger partial charge in [-0.3, -0.25) is 4.98 Å². The fourth-order valence-electron chi connectivity index (χ4n) is 2.36. The molecule has 1 aliphatic heterocycles. The number of nitrogens with zero attached hydrogens (tertiary/aromatic N) is 2. The molecule has 118 valence electrons. The molecule has 2 atom stereocenters. The zero-order valence-electron chi connectivity index (χ0n) is 13.2. The van der Waals surface area contributed by atoms with Crippen LogP contribution in [0.3, 0.4) is 0 Å². The lowest BCUT2D eigenvalue weighted by Gasteiger charge is -2.42. The average molecular weight is 328 g/mol. The van der Waals surface area contributed by atoms with Gasteiger partial charge in [-0.15, -0.1) is 11.7 Å². The number of pyridine rings is 1. The number of ether oxygens (including phenoxy) is 1. The van der Waals surface area contributed by atoms with Crippen LogP contribution in [-0.4, -0.2) is 43.4 Å². The summed E-state index contributed by atoms with van der Waals surface area (Å²) in [6, 6.07) is 4.24. The van der Waals surface area contributed by atoms with E-state index >= 15 is 0 Å². The fraction of sp³-hybridized carbons (Fsp3) is 0.667. The first-order chi connectivity index (χ1) is 9.97. The molecule has 0 aliphatic carbocycles. The maximum atomic E-state index is 5.93. The van der Waals surface area contributed by atoms with Gasteiger partial charge in [0.1, 0.15) is 0 Å². The molecule has 4 nitrogen and oxygen atoms in total. The Labute approximate surface area is 136 Å². The van der Waals surface area contributed by atoms with Crippen LogP contribution in [0.15, 0.2) is 18.3 Å². The molecule has 0 aromatic carbocycles. The Morgan fingerprint density at radius 2 is 2.29 bits per heavy atom. The fourth-order valence-corrected chi connectivity index (χ4v) is 2.93. The lowest BCUT2D eigenvalue weighted by molar-refractivity contribution is -0.0103. The second kappa shape index (κ2) is 7.22. The van der Waals surface area contributed by atoms with Gasteiger partial charge in [0.15, 0.2) is 0 Å². The molecule has 1 saturated heterocycles. The van der Waals surface area contributed by atoms with E-state index in [4.69, 9.17) is 4.74 Å². The number of hydrogen-bond acceptors (Lipinski definition) is 6. The number of aromatic nitrogens is 1. The van der Waals surface area contributed by atoms with E-state index in [9.17, 15) is 0 Å². The van der Waals surface area contributed by atoms with Crippen LogP contribution in [0.5, 0.6) is 0 Å². The van der Waals surface area contributed by atoms with E-state index in [-0.39, 0.29) is 11.6 Å². The van der Waals surface area contributed by atoms with Crippen molar-refractivity contribution < 1.29 is 4.74 Å². The molecule has 1 aromatic heterocycles. The number of anilines is 1. The lowest BCUT2D eigenvalue weighted by atomic mass is 9.96. The minimum atomic E-state index is -0.0385. The van der Waals surface area contributed by atoms with Crippen LogP contribution in [0.4, 0.5) is 5.69 Å². The van der Waals surface area contributed by atoms with Crippen molar-refractivity contribution in [3.63, 3.8) is 0 Å². The normalized spacial score (nSPS) is 21.4. The van der Waals surface area contributed by atoms with E-state index in [1.165, 1.54) is 10.8 Å². The summed E-state index contributed by atoms with van der Waals surface area (Å²) in [5.41, 5.74) is 2.19. The summed E-state index contributed by atoms with van der Waals surface area (Å²) in [7, 11) is 3.50. The first-order valence-corrected chi connectivity index (χ1v) is 9.22. The minimum absolute atomic E-state index is 0.0385. The topological polar surface area (TPSA) is 37.4 Å². The van der Waals surface area contributed by atoms with Gasteiger partial charge in [-0.1, -0.05) is 10.8 Å². The molecule has 2 heterocycles. The Morgan fingerprint density at radius 1 is 1.52 bits per heavy atom. The van der Waals surface area contributed by atoms with E-state index < -0.39 is 0 Å². The zero-order valence-corrected chi connectivity index (χ0v) is 14.9. The summed E-state index contributed by atoms with van der Waals surface area (Å²) in [6.45, 7) is 9.00. The van der Waals surface area contributed by atoms with Gasteiger partial charge in [0.25, 0.3) is 0 Å². The van der Waals surface area contributed by atoms with Gasteiger partial charge in [0, 0.05) is 18.6 Å². The molecule has 2 rings (SSSR count). The van der Waals surface area contributed by atoms with Crippen molar-refractivity contribution in [3.05, 3.63) is 24.0 Å². The predicted octanol–water partition coefficient (Wildman–Crippen LogP) is 2.92. The molecule has 0 spiro atoms. The van der Waals surface area contributed by atoms with Crippen molar-refractivity contribution in [1.82, 2.24) is 10.3 Å². The Kier molecular flexibility index (Phi) is 5.82. The van der Waals surface area contributed by atoms with Crippen LogP contribution in [0.1, 0.15) is 31.7 Å². The van der Waals surface area contributed by atoms with Crippen LogP contribution in [0.2, 0.25) is 0 Å². The van der Waals surface area contributed by atoms with Crippen LogP contribution >= 0.6 is 22.5 Å². The third-order valence-electron chi connectivity index (χ3n) is 4.23. The largest absolute Gasteiger partial charge is 0.373 e. The highest BCUT2D eigenvalue weighted by Crippen LogP contribution is 2.30. The molecule has 2 unspecified atom stereocenters. The number of hydrogen-bond donors (Lipinski definition) is 2. The SMILES string of the molecule is CNC(C)(C)C1CN(c2ccc(C(C)SS)nc2)CCO1. The van der Waals surface area contributed by atoms with E-state index in [0.29, 0.717) is 5.25 Å². The molecule has 0 saturated carbocycles. The van der Waals surface area contributed by atoms with Crippen molar-refractivity contribution in [2.75, 3.05) is 31.6 Å². The quantitative estimate of drug-likeness (QED) is 0.642. The number of thiol groups is 1. The smallest absolute Gasteiger partial charge is 0.0926 e. The van der Waals surface area contributed by atoms with Crippen molar-refractivity contribution in [3.8, 4) is 0 Å². The van der Waals surface area contributed by atoms with E-state index in [1.54, 1.807) is 0 Å². The van der Waals surface area contributed by atoms with E-state index in [2.05, 4.69) is 59.8 Å². The molecule has 0 radical (unpaired) electrons. The monoisotopic (exact) mass is 327 g/mol. The Balaban J connectivity index is 2.07. The highest BCUT2D eigenvalue weighted by Gasteiger charge is 2.33. The number of morpholine rings is 1. The summed E-state index contributed by atoms with van der Waals surface area (Å²) >= 11 is 4.25. The first-order valence-electron chi connectivity index (χ1n) is 7.29. The predicted molar refractivity (Wildman–Crippen MR) is 94.3 cm³/mol. The first kappa shape index (κ1) is 16.9. The minimum Gasteiger partial charge on any atom is -0.373 e. The lowest BCUT2D eigenvalue weighted by Crippen LogP contribution is -2.57. The molecule has 0 bridgehead atoms. The molecule has 1 fully saturated rings. The van der Waals surface area contributed by atoms with Crippen LogP contribution < -0.4 is 10.2 Å². The van der Waals surface area contributed by atoms with Gasteiger partial charge in [-0.2, -0.15) is 0 Å². The van der Waals surface area contributed by atoms with Gasteiger partial charge >= 0.3 is 0 Å². The van der Waals surface area contributed by atoms with Gasteiger partial charge < -0.3 is 15.0 Å². The van der Waals surface area contributed by atoms with Gasteiger partial charge in [-0.25, -0.2) is 0 Å². The van der Waals surface area contributed by atoms with Crippen molar-refractivity contribution in [2.45, 2.75) is 37.7 Å². The van der Waals surface area contributed by atoms with Crippen LogP contribution in [-0.2, 0) is 4.74 Å².